The van der Waals surface area contributed by atoms with E-state index in [-0.39, 0.29) is 39.6 Å². The molecule has 6 heteroatoms. The van der Waals surface area contributed by atoms with Crippen molar-refractivity contribution in [3.05, 3.63) is 13.2 Å². The Balaban J connectivity index is 0. The van der Waals surface area contributed by atoms with E-state index >= 15 is 0 Å². The molecule has 1 radical (unpaired) electrons. The molecule has 9 heavy (non-hydrogen) atoms. The first-order chi connectivity index (χ1) is 3.39. The van der Waals surface area contributed by atoms with Gasteiger partial charge in [-0.15, -0.1) is 0 Å². The van der Waals surface area contributed by atoms with Crippen LogP contribution >= 0.6 is 8.25 Å². The van der Waals surface area contributed by atoms with E-state index in [1.165, 1.54) is 13.2 Å². The van der Waals surface area contributed by atoms with Gasteiger partial charge in [-0.25, -0.2) is 0 Å². The fourth-order valence-corrected chi connectivity index (χ4v) is 0.737. The van der Waals surface area contributed by atoms with Crippen molar-refractivity contribution in [1.82, 2.24) is 0 Å². The first-order valence-electron chi connectivity index (χ1n) is 1.84. The van der Waals surface area contributed by atoms with E-state index in [9.17, 15) is 4.57 Å². The Morgan fingerprint density at radius 2 is 1.78 bits per heavy atom. The van der Waals surface area contributed by atoms with Crippen LogP contribution in [0.4, 0.5) is 0 Å². The largest absolute Gasteiger partial charge is 0.630 e. The molecule has 0 spiro atoms. The van der Waals surface area contributed by atoms with Gasteiger partial charge in [0.2, 0.25) is 0 Å². The van der Waals surface area contributed by atoms with Gasteiger partial charge < -0.3 is 0 Å². The van der Waals surface area contributed by atoms with E-state index in [1.54, 1.807) is 0 Å². The van der Waals surface area contributed by atoms with Gasteiger partial charge >= 0.3 is 8.25 Å². The van der Waals surface area contributed by atoms with E-state index in [4.69, 9.17) is 0 Å². The zero-order valence-corrected chi connectivity index (χ0v) is 9.61. The van der Waals surface area contributed by atoms with Gasteiger partial charge in [0, 0.05) is 44.2 Å². The Hall–Kier alpha value is 1.29. The van der Waals surface area contributed by atoms with Crippen LogP contribution in [0.2, 0.25) is 0 Å². The summed E-state index contributed by atoms with van der Waals surface area (Å²) >= 11 is 0. The summed E-state index contributed by atoms with van der Waals surface area (Å²) < 4.78 is 18.9. The number of rotatable bonds is 0. The van der Waals surface area contributed by atoms with Crippen LogP contribution in [0.15, 0.2) is 0 Å². The third-order valence-corrected chi connectivity index (χ3v) is 1.16. The van der Waals surface area contributed by atoms with Crippen LogP contribution < -0.4 is 0 Å². The third-order valence-electron chi connectivity index (χ3n) is 0.514. The second-order valence-corrected chi connectivity index (χ2v) is 1.87. The Kier molecular flexibility index (Phi) is 10.6. The van der Waals surface area contributed by atoms with Crippen LogP contribution in [-0.4, -0.2) is 0 Å². The predicted molar refractivity (Wildman–Crippen MR) is 23.0 cm³/mol. The van der Waals surface area contributed by atoms with Crippen molar-refractivity contribution in [2.75, 3.05) is 0 Å². The zero-order valence-electron chi connectivity index (χ0n) is 4.39. The van der Waals surface area contributed by atoms with Crippen molar-refractivity contribution in [3.8, 4) is 0 Å². The first-order valence-corrected chi connectivity index (χ1v) is 2.93. The number of hydrogen-bond acceptors (Lipinski definition) is 3. The standard InChI is InChI=1S/C3H4O3P.V.W/c4-7-5-2-1-3-6-7;;/h2-3H,1H2;;/q-1;;. The van der Waals surface area contributed by atoms with Crippen LogP contribution in [-0.2, 0) is 53.2 Å². The minimum absolute atomic E-state index is 0. The summed E-state index contributed by atoms with van der Waals surface area (Å²) in [4.78, 5) is 0. The monoisotopic (exact) mass is 354 g/mol. The molecule has 1 rings (SSSR count). The van der Waals surface area contributed by atoms with E-state index in [1.807, 2.05) is 0 Å². The van der Waals surface area contributed by atoms with Crippen molar-refractivity contribution in [2.45, 2.75) is 6.42 Å². The Morgan fingerprint density at radius 1 is 1.33 bits per heavy atom. The summed E-state index contributed by atoms with van der Waals surface area (Å²) in [6.45, 7) is 2.89. The van der Waals surface area contributed by atoms with Crippen LogP contribution in [0, 0.1) is 13.2 Å². The van der Waals surface area contributed by atoms with E-state index < -0.39 is 8.25 Å². The normalized spacial score (nSPS) is 17.6. The van der Waals surface area contributed by atoms with E-state index in [0.29, 0.717) is 6.42 Å². The molecule has 0 N–H and O–H groups in total. The molecule has 1 aliphatic rings. The van der Waals surface area contributed by atoms with Crippen LogP contribution in [0.25, 0.3) is 0 Å². The Bertz CT molecular complexity index is 83.1. The fourth-order valence-electron chi connectivity index (χ4n) is 0.272. The maximum absolute atomic E-state index is 10.1. The van der Waals surface area contributed by atoms with Gasteiger partial charge in [-0.1, -0.05) is 0 Å². The minimum atomic E-state index is -1.85. The molecule has 0 amide bonds. The third kappa shape index (κ3) is 5.72. The molecule has 0 bridgehead atoms. The van der Waals surface area contributed by atoms with Gasteiger partial charge in [0.15, 0.2) is 0 Å². The molecule has 0 atom stereocenters. The topological polar surface area (TPSA) is 35.5 Å². The summed E-state index contributed by atoms with van der Waals surface area (Å²) in [6, 6.07) is 0. The van der Waals surface area contributed by atoms with Crippen molar-refractivity contribution < 1.29 is 53.2 Å². The smallest absolute Gasteiger partial charge is 0.297 e. The summed E-state index contributed by atoms with van der Waals surface area (Å²) in [5.41, 5.74) is 0. The molecule has 1 heterocycles. The zero-order chi connectivity index (χ0) is 5.11. The summed E-state index contributed by atoms with van der Waals surface area (Å²) in [7, 11) is -1.85. The molecular formula is C3H4O3PVW-. The quantitative estimate of drug-likeness (QED) is 0.488. The van der Waals surface area contributed by atoms with E-state index in [2.05, 4.69) is 9.05 Å². The molecule has 0 aliphatic carbocycles. The minimum Gasteiger partial charge on any atom is -0.297 e. The molecular weight excluding hydrogens is 350 g/mol. The van der Waals surface area contributed by atoms with Crippen LogP contribution in [0.1, 0.15) is 6.42 Å². The molecule has 51 valence electrons. The maximum atomic E-state index is 10.1. The van der Waals surface area contributed by atoms with Crippen molar-refractivity contribution in [1.29, 1.82) is 0 Å². The average molecular weight is 354 g/mol. The molecule has 1 saturated heterocycles. The maximum Gasteiger partial charge on any atom is 0.630 e. The summed E-state index contributed by atoms with van der Waals surface area (Å²) in [5, 5.41) is 0. The Labute approximate surface area is 81.0 Å². The second-order valence-electron chi connectivity index (χ2n) is 1.00. The molecule has 0 aromatic rings. The second kappa shape index (κ2) is 7.40. The van der Waals surface area contributed by atoms with Gasteiger partial charge in [-0.3, -0.25) is 15.5 Å². The molecule has 0 saturated carbocycles. The molecule has 0 unspecified atom stereocenters. The van der Waals surface area contributed by atoms with Gasteiger partial charge in [-0.2, -0.15) is 13.2 Å². The fraction of sp³-hybridized carbons (Fsp3) is 0.333. The molecule has 1 fully saturated rings. The van der Waals surface area contributed by atoms with Gasteiger partial charge in [0.1, 0.15) is 0 Å². The Morgan fingerprint density at radius 3 is 2.00 bits per heavy atom. The molecule has 0 aromatic carbocycles. The average Bonchev–Trinajstić information content (AvgIpc) is 1.69. The van der Waals surface area contributed by atoms with Crippen LogP contribution in [0.5, 0.6) is 0 Å². The molecule has 1 aliphatic heterocycles. The van der Waals surface area contributed by atoms with Crippen LogP contribution in [0.3, 0.4) is 0 Å². The molecule has 3 nitrogen and oxygen atoms in total. The number of hydrogen-bond donors (Lipinski definition) is 0. The van der Waals surface area contributed by atoms with Crippen molar-refractivity contribution in [3.63, 3.8) is 0 Å². The predicted octanol–water partition coefficient (Wildman–Crippen LogP) is 1.40. The van der Waals surface area contributed by atoms with Crippen molar-refractivity contribution in [2.24, 2.45) is 0 Å². The first kappa shape index (κ1) is 12.9. The van der Waals surface area contributed by atoms with Gasteiger partial charge in [-0.05, 0) is 0 Å². The summed E-state index contributed by atoms with van der Waals surface area (Å²) in [6.07, 6.45) is 0.612. The molecule has 0 aromatic heterocycles. The van der Waals surface area contributed by atoms with Gasteiger partial charge in [0.25, 0.3) is 0 Å². The SMILES string of the molecule is O=[P+]1O[CH-]C[CH-]O1.[V].[W]. The van der Waals surface area contributed by atoms with Gasteiger partial charge in [0.05, 0.1) is 0 Å². The summed E-state index contributed by atoms with van der Waals surface area (Å²) in [5.74, 6) is 0. The van der Waals surface area contributed by atoms with Crippen molar-refractivity contribution >= 4 is 8.25 Å². The van der Waals surface area contributed by atoms with E-state index in [0.717, 1.165) is 0 Å².